The molecule has 98 valence electrons. The van der Waals surface area contributed by atoms with Gasteiger partial charge in [0.2, 0.25) is 0 Å². The normalized spacial score (nSPS) is 10.2. The molecule has 0 spiro atoms. The van der Waals surface area contributed by atoms with E-state index in [0.29, 0.717) is 11.3 Å². The molecule has 0 aliphatic heterocycles. The van der Waals surface area contributed by atoms with Crippen LogP contribution in [0.2, 0.25) is 5.15 Å². The second kappa shape index (κ2) is 5.62. The molecular formula is C12H10ClN3O3. The molecule has 0 fully saturated rings. The molecule has 0 unspecified atom stereocenters. The monoisotopic (exact) mass is 279 g/mol. The first-order chi connectivity index (χ1) is 9.08. The molecule has 0 bridgehead atoms. The minimum Gasteiger partial charge on any atom is -0.480 e. The lowest BCUT2D eigenvalue weighted by atomic mass is 10.2. The van der Waals surface area contributed by atoms with Crippen LogP contribution in [-0.2, 0) is 6.61 Å². The molecule has 1 aromatic carbocycles. The molecular weight excluding hydrogens is 270 g/mol. The van der Waals surface area contributed by atoms with Gasteiger partial charge in [-0.05, 0) is 13.0 Å². The van der Waals surface area contributed by atoms with Gasteiger partial charge in [-0.25, -0.2) is 4.98 Å². The molecule has 19 heavy (non-hydrogen) atoms. The average molecular weight is 280 g/mol. The van der Waals surface area contributed by atoms with Crippen molar-refractivity contribution < 1.29 is 9.66 Å². The Balaban J connectivity index is 2.18. The van der Waals surface area contributed by atoms with E-state index in [1.165, 1.54) is 12.4 Å². The van der Waals surface area contributed by atoms with Crippen molar-refractivity contribution in [2.24, 2.45) is 0 Å². The third-order valence-electron chi connectivity index (χ3n) is 2.43. The number of aromatic nitrogens is 2. The Morgan fingerprint density at radius 1 is 1.37 bits per heavy atom. The third-order valence-corrected chi connectivity index (χ3v) is 2.63. The van der Waals surface area contributed by atoms with Gasteiger partial charge in [-0.2, -0.15) is 0 Å². The van der Waals surface area contributed by atoms with Gasteiger partial charge in [-0.15, -0.1) is 0 Å². The van der Waals surface area contributed by atoms with Crippen LogP contribution in [0.4, 0.5) is 5.69 Å². The Labute approximate surface area is 114 Å². The van der Waals surface area contributed by atoms with Crippen LogP contribution in [0.25, 0.3) is 0 Å². The van der Waals surface area contributed by atoms with E-state index in [2.05, 4.69) is 9.97 Å². The summed E-state index contributed by atoms with van der Waals surface area (Å²) in [5, 5.41) is 11.3. The zero-order valence-corrected chi connectivity index (χ0v) is 10.8. The number of hydrogen-bond donors (Lipinski definition) is 0. The fourth-order valence-corrected chi connectivity index (χ4v) is 1.65. The molecule has 0 aliphatic rings. The number of hydrogen-bond acceptors (Lipinski definition) is 5. The van der Waals surface area contributed by atoms with Crippen LogP contribution in [0.3, 0.4) is 0 Å². The van der Waals surface area contributed by atoms with Crippen LogP contribution in [0.15, 0.2) is 30.6 Å². The highest BCUT2D eigenvalue weighted by molar-refractivity contribution is 6.29. The number of aryl methyl sites for hydroxylation is 1. The molecule has 0 radical (unpaired) electrons. The topological polar surface area (TPSA) is 78.2 Å². The van der Waals surface area contributed by atoms with E-state index >= 15 is 0 Å². The van der Waals surface area contributed by atoms with E-state index in [1.54, 1.807) is 25.1 Å². The Morgan fingerprint density at radius 2 is 2.16 bits per heavy atom. The highest BCUT2D eigenvalue weighted by atomic mass is 35.5. The first-order valence-electron chi connectivity index (χ1n) is 5.41. The van der Waals surface area contributed by atoms with Crippen molar-refractivity contribution in [1.29, 1.82) is 0 Å². The smallest absolute Gasteiger partial charge is 0.313 e. The van der Waals surface area contributed by atoms with Gasteiger partial charge in [-0.1, -0.05) is 23.7 Å². The van der Waals surface area contributed by atoms with Crippen molar-refractivity contribution in [1.82, 2.24) is 9.97 Å². The summed E-state index contributed by atoms with van der Waals surface area (Å²) in [5.74, 6) is 0.210. The fourth-order valence-electron chi connectivity index (χ4n) is 1.55. The molecule has 0 aliphatic carbocycles. The van der Waals surface area contributed by atoms with Crippen molar-refractivity contribution >= 4 is 17.3 Å². The van der Waals surface area contributed by atoms with Gasteiger partial charge in [0, 0.05) is 5.56 Å². The van der Waals surface area contributed by atoms with Crippen LogP contribution >= 0.6 is 11.6 Å². The summed E-state index contributed by atoms with van der Waals surface area (Å²) in [5.41, 5.74) is 1.05. The van der Waals surface area contributed by atoms with Gasteiger partial charge in [0.15, 0.2) is 5.75 Å². The van der Waals surface area contributed by atoms with Crippen LogP contribution in [0.5, 0.6) is 5.75 Å². The second-order valence-corrected chi connectivity index (χ2v) is 4.19. The Hall–Kier alpha value is -2.21. The van der Waals surface area contributed by atoms with E-state index in [4.69, 9.17) is 16.3 Å². The Morgan fingerprint density at radius 3 is 2.79 bits per heavy atom. The van der Waals surface area contributed by atoms with Gasteiger partial charge in [0.25, 0.3) is 0 Å². The van der Waals surface area contributed by atoms with E-state index in [0.717, 1.165) is 0 Å². The summed E-state index contributed by atoms with van der Waals surface area (Å²) >= 11 is 5.61. The van der Waals surface area contributed by atoms with Gasteiger partial charge in [0.1, 0.15) is 11.8 Å². The largest absolute Gasteiger partial charge is 0.480 e. The minimum atomic E-state index is -0.460. The zero-order valence-electron chi connectivity index (χ0n) is 10.0. The molecule has 0 atom stereocenters. The van der Waals surface area contributed by atoms with Crippen molar-refractivity contribution in [3.8, 4) is 5.75 Å². The number of nitro benzene ring substituents is 1. The van der Waals surface area contributed by atoms with Crippen molar-refractivity contribution in [2.75, 3.05) is 0 Å². The van der Waals surface area contributed by atoms with Crippen molar-refractivity contribution in [2.45, 2.75) is 13.5 Å². The number of benzene rings is 1. The third kappa shape index (κ3) is 3.17. The predicted molar refractivity (Wildman–Crippen MR) is 69.2 cm³/mol. The maximum atomic E-state index is 11.0. The molecule has 1 aromatic heterocycles. The number of halogens is 1. The lowest BCUT2D eigenvalue weighted by molar-refractivity contribution is -0.386. The number of rotatable bonds is 4. The summed E-state index contributed by atoms with van der Waals surface area (Å²) in [6.45, 7) is 1.75. The minimum absolute atomic E-state index is 0.0376. The highest BCUT2D eigenvalue weighted by Gasteiger charge is 2.18. The quantitative estimate of drug-likeness (QED) is 0.635. The zero-order chi connectivity index (χ0) is 13.8. The van der Waals surface area contributed by atoms with Gasteiger partial charge >= 0.3 is 5.69 Å². The number of ether oxygens (including phenoxy) is 1. The Kier molecular flexibility index (Phi) is 3.91. The maximum Gasteiger partial charge on any atom is 0.313 e. The molecule has 0 saturated carbocycles. The van der Waals surface area contributed by atoms with Gasteiger partial charge < -0.3 is 4.74 Å². The predicted octanol–water partition coefficient (Wildman–Crippen LogP) is 2.93. The standard InChI is InChI=1S/C12H10ClN3O3/c1-8-3-2-4-10(12(8)16(17)18)19-7-9-5-15-11(13)6-14-9/h2-6H,7H2,1H3. The summed E-state index contributed by atoms with van der Waals surface area (Å²) in [6, 6.07) is 4.91. The number of nitro groups is 1. The molecule has 1 heterocycles. The number of nitrogens with zero attached hydrogens (tertiary/aromatic N) is 3. The van der Waals surface area contributed by atoms with Crippen LogP contribution < -0.4 is 4.74 Å². The van der Waals surface area contributed by atoms with Crippen LogP contribution in [0.1, 0.15) is 11.3 Å². The second-order valence-electron chi connectivity index (χ2n) is 3.80. The van der Waals surface area contributed by atoms with Crippen molar-refractivity contribution in [3.05, 3.63) is 57.1 Å². The average Bonchev–Trinajstić information content (AvgIpc) is 2.37. The van der Waals surface area contributed by atoms with Crippen LogP contribution in [-0.4, -0.2) is 14.9 Å². The first-order valence-corrected chi connectivity index (χ1v) is 5.79. The van der Waals surface area contributed by atoms with E-state index < -0.39 is 4.92 Å². The first kappa shape index (κ1) is 13.2. The molecule has 2 aromatic rings. The molecule has 0 amide bonds. The Bertz CT molecular complexity index is 602. The molecule has 0 saturated heterocycles. The van der Waals surface area contributed by atoms with Gasteiger partial charge in [-0.3, -0.25) is 15.1 Å². The summed E-state index contributed by atoms with van der Waals surface area (Å²) in [4.78, 5) is 18.4. The summed E-state index contributed by atoms with van der Waals surface area (Å²) in [6.07, 6.45) is 2.86. The lowest BCUT2D eigenvalue weighted by Crippen LogP contribution is -2.02. The maximum absolute atomic E-state index is 11.0. The lowest BCUT2D eigenvalue weighted by Gasteiger charge is -2.07. The molecule has 6 nitrogen and oxygen atoms in total. The van der Waals surface area contributed by atoms with Gasteiger partial charge in [0.05, 0.1) is 23.0 Å². The number of para-hydroxylation sites is 1. The SMILES string of the molecule is Cc1cccc(OCc2cnc(Cl)cn2)c1[N+](=O)[O-]. The molecule has 0 N–H and O–H groups in total. The van der Waals surface area contributed by atoms with E-state index in [-0.39, 0.29) is 23.2 Å². The van der Waals surface area contributed by atoms with Crippen molar-refractivity contribution in [3.63, 3.8) is 0 Å². The van der Waals surface area contributed by atoms with E-state index in [1.807, 2.05) is 0 Å². The van der Waals surface area contributed by atoms with Crippen LogP contribution in [0, 0.1) is 17.0 Å². The summed E-state index contributed by atoms with van der Waals surface area (Å²) in [7, 11) is 0. The summed E-state index contributed by atoms with van der Waals surface area (Å²) < 4.78 is 5.42. The van der Waals surface area contributed by atoms with E-state index in [9.17, 15) is 10.1 Å². The molecule has 7 heteroatoms. The fraction of sp³-hybridized carbons (Fsp3) is 0.167. The molecule has 2 rings (SSSR count). The highest BCUT2D eigenvalue weighted by Crippen LogP contribution is 2.30.